The molecule has 92 valence electrons. The van der Waals surface area contributed by atoms with Crippen LogP contribution in [0.4, 0.5) is 0 Å². The SMILES string of the molecule is CC(NC(=O)C(Br)C(C)C)C(=O)NC1CC1. The van der Waals surface area contributed by atoms with E-state index in [9.17, 15) is 9.59 Å². The second-order valence-electron chi connectivity index (χ2n) is 4.66. The lowest BCUT2D eigenvalue weighted by atomic mass is 10.1. The molecular weight excluding hydrogens is 272 g/mol. The number of nitrogens with one attached hydrogen (secondary N) is 2. The minimum Gasteiger partial charge on any atom is -0.352 e. The Morgan fingerprint density at radius 1 is 1.19 bits per heavy atom. The van der Waals surface area contributed by atoms with Crippen molar-refractivity contribution in [2.75, 3.05) is 0 Å². The molecule has 16 heavy (non-hydrogen) atoms. The van der Waals surface area contributed by atoms with E-state index in [0.29, 0.717) is 6.04 Å². The smallest absolute Gasteiger partial charge is 0.242 e. The summed E-state index contributed by atoms with van der Waals surface area (Å²) >= 11 is 3.30. The summed E-state index contributed by atoms with van der Waals surface area (Å²) in [5.74, 6) is -0.0218. The highest BCUT2D eigenvalue weighted by Crippen LogP contribution is 2.18. The molecule has 1 fully saturated rings. The van der Waals surface area contributed by atoms with Crippen LogP contribution in [0.15, 0.2) is 0 Å². The van der Waals surface area contributed by atoms with Crippen LogP contribution >= 0.6 is 15.9 Å². The molecule has 0 heterocycles. The Bertz CT molecular complexity index is 277. The molecule has 5 heteroatoms. The van der Waals surface area contributed by atoms with E-state index in [1.807, 2.05) is 13.8 Å². The Balaban J connectivity index is 2.34. The first kappa shape index (κ1) is 13.5. The van der Waals surface area contributed by atoms with Crippen molar-refractivity contribution in [3.8, 4) is 0 Å². The van der Waals surface area contributed by atoms with Crippen LogP contribution in [-0.2, 0) is 9.59 Å². The summed E-state index contributed by atoms with van der Waals surface area (Å²) in [4.78, 5) is 23.0. The normalized spacial score (nSPS) is 19.1. The highest BCUT2D eigenvalue weighted by molar-refractivity contribution is 9.10. The van der Waals surface area contributed by atoms with Gasteiger partial charge in [0.05, 0.1) is 4.83 Å². The number of carbonyl (C=O) groups excluding carboxylic acids is 2. The summed E-state index contributed by atoms with van der Waals surface area (Å²) in [6.45, 7) is 5.61. The molecule has 1 aliphatic carbocycles. The third-order valence-corrected chi connectivity index (χ3v) is 3.98. The number of halogens is 1. The van der Waals surface area contributed by atoms with Gasteiger partial charge in [-0.2, -0.15) is 0 Å². The summed E-state index contributed by atoms with van der Waals surface area (Å²) in [6, 6.07) is -0.136. The Hall–Kier alpha value is -0.580. The third-order valence-electron chi connectivity index (χ3n) is 2.51. The number of hydrogen-bond acceptors (Lipinski definition) is 2. The maximum absolute atomic E-state index is 11.7. The average Bonchev–Trinajstić information content (AvgIpc) is 2.99. The van der Waals surface area contributed by atoms with Crippen molar-refractivity contribution in [1.82, 2.24) is 10.6 Å². The summed E-state index contributed by atoms with van der Waals surface area (Å²) in [5.41, 5.74) is 0. The molecule has 2 amide bonds. The maximum atomic E-state index is 11.7. The van der Waals surface area contributed by atoms with Gasteiger partial charge in [-0.3, -0.25) is 9.59 Å². The average molecular weight is 291 g/mol. The van der Waals surface area contributed by atoms with E-state index in [1.54, 1.807) is 6.92 Å². The Morgan fingerprint density at radius 3 is 2.19 bits per heavy atom. The molecule has 0 aromatic rings. The molecule has 0 aromatic heterocycles. The van der Waals surface area contributed by atoms with Crippen LogP contribution in [0.25, 0.3) is 0 Å². The van der Waals surface area contributed by atoms with Crippen LogP contribution in [0.2, 0.25) is 0 Å². The minimum absolute atomic E-state index is 0.0979. The van der Waals surface area contributed by atoms with Gasteiger partial charge in [-0.15, -0.1) is 0 Å². The summed E-state index contributed by atoms with van der Waals surface area (Å²) in [5, 5.41) is 5.55. The van der Waals surface area contributed by atoms with E-state index in [0.717, 1.165) is 12.8 Å². The first-order valence-corrected chi connectivity index (χ1v) is 6.58. The molecule has 0 aliphatic heterocycles. The molecule has 1 saturated carbocycles. The largest absolute Gasteiger partial charge is 0.352 e. The number of carbonyl (C=O) groups is 2. The highest BCUT2D eigenvalue weighted by atomic mass is 79.9. The van der Waals surface area contributed by atoms with E-state index in [-0.39, 0.29) is 22.6 Å². The summed E-state index contributed by atoms with van der Waals surface area (Å²) < 4.78 is 0. The minimum atomic E-state index is -0.466. The van der Waals surface area contributed by atoms with Crippen molar-refractivity contribution in [1.29, 1.82) is 0 Å². The van der Waals surface area contributed by atoms with Crippen LogP contribution < -0.4 is 10.6 Å². The monoisotopic (exact) mass is 290 g/mol. The zero-order valence-electron chi connectivity index (χ0n) is 9.92. The zero-order chi connectivity index (χ0) is 12.3. The first-order chi connectivity index (χ1) is 7.41. The van der Waals surface area contributed by atoms with E-state index in [1.165, 1.54) is 0 Å². The van der Waals surface area contributed by atoms with Gasteiger partial charge in [0.1, 0.15) is 6.04 Å². The van der Waals surface area contributed by atoms with E-state index in [2.05, 4.69) is 26.6 Å². The first-order valence-electron chi connectivity index (χ1n) is 5.66. The molecule has 0 aromatic carbocycles. The lowest BCUT2D eigenvalue weighted by Crippen LogP contribution is -2.48. The second-order valence-corrected chi connectivity index (χ2v) is 5.65. The van der Waals surface area contributed by atoms with Gasteiger partial charge in [0.25, 0.3) is 0 Å². The van der Waals surface area contributed by atoms with Gasteiger partial charge < -0.3 is 10.6 Å². The van der Waals surface area contributed by atoms with Gasteiger partial charge in [0.2, 0.25) is 11.8 Å². The molecule has 1 aliphatic rings. The molecule has 2 N–H and O–H groups in total. The van der Waals surface area contributed by atoms with Crippen LogP contribution in [0.3, 0.4) is 0 Å². The highest BCUT2D eigenvalue weighted by Gasteiger charge is 2.27. The van der Waals surface area contributed by atoms with Crippen molar-refractivity contribution in [2.24, 2.45) is 5.92 Å². The Morgan fingerprint density at radius 2 is 1.75 bits per heavy atom. The van der Waals surface area contributed by atoms with Crippen molar-refractivity contribution in [3.05, 3.63) is 0 Å². The number of hydrogen-bond donors (Lipinski definition) is 2. The molecule has 2 unspecified atom stereocenters. The van der Waals surface area contributed by atoms with Crippen molar-refractivity contribution < 1.29 is 9.59 Å². The fourth-order valence-electron chi connectivity index (χ4n) is 1.22. The molecule has 0 bridgehead atoms. The number of rotatable bonds is 5. The fourth-order valence-corrected chi connectivity index (χ4v) is 1.35. The van der Waals surface area contributed by atoms with Crippen LogP contribution in [0.1, 0.15) is 33.6 Å². The predicted molar refractivity (Wildman–Crippen MR) is 66.3 cm³/mol. The van der Waals surface area contributed by atoms with Gasteiger partial charge in [-0.05, 0) is 25.7 Å². The predicted octanol–water partition coefficient (Wildman–Crippen LogP) is 1.19. The summed E-state index contributed by atoms with van der Waals surface area (Å²) in [7, 11) is 0. The Kier molecular flexibility index (Phi) is 4.77. The standard InChI is InChI=1S/C11H19BrN2O2/c1-6(2)9(12)11(16)13-7(3)10(15)14-8-4-5-8/h6-9H,4-5H2,1-3H3,(H,13,16)(H,14,15). The van der Waals surface area contributed by atoms with Crippen molar-refractivity contribution >= 4 is 27.7 Å². The van der Waals surface area contributed by atoms with E-state index >= 15 is 0 Å². The number of amides is 2. The molecule has 0 spiro atoms. The van der Waals surface area contributed by atoms with Crippen molar-refractivity contribution in [2.45, 2.75) is 50.5 Å². The van der Waals surface area contributed by atoms with Gasteiger partial charge in [-0.25, -0.2) is 0 Å². The third kappa shape index (κ3) is 4.12. The van der Waals surface area contributed by atoms with Crippen LogP contribution in [-0.4, -0.2) is 28.7 Å². The van der Waals surface area contributed by atoms with E-state index in [4.69, 9.17) is 0 Å². The lowest BCUT2D eigenvalue weighted by molar-refractivity contribution is -0.128. The maximum Gasteiger partial charge on any atom is 0.242 e. The van der Waals surface area contributed by atoms with Gasteiger partial charge in [0, 0.05) is 6.04 Å². The molecule has 4 nitrogen and oxygen atoms in total. The molecule has 1 rings (SSSR count). The zero-order valence-corrected chi connectivity index (χ0v) is 11.5. The Labute approximate surface area is 105 Å². The summed E-state index contributed by atoms with van der Waals surface area (Å²) in [6.07, 6.45) is 2.11. The van der Waals surface area contributed by atoms with Crippen LogP contribution in [0, 0.1) is 5.92 Å². The van der Waals surface area contributed by atoms with E-state index < -0.39 is 6.04 Å². The van der Waals surface area contributed by atoms with Crippen LogP contribution in [0.5, 0.6) is 0 Å². The molecule has 0 saturated heterocycles. The van der Waals surface area contributed by atoms with Gasteiger partial charge in [-0.1, -0.05) is 29.8 Å². The lowest BCUT2D eigenvalue weighted by Gasteiger charge is -2.18. The second kappa shape index (κ2) is 5.66. The van der Waals surface area contributed by atoms with Gasteiger partial charge in [0.15, 0.2) is 0 Å². The fraction of sp³-hybridized carbons (Fsp3) is 0.818. The number of alkyl halides is 1. The van der Waals surface area contributed by atoms with Gasteiger partial charge >= 0.3 is 0 Å². The topological polar surface area (TPSA) is 58.2 Å². The molecule has 0 radical (unpaired) electrons. The quantitative estimate of drug-likeness (QED) is 0.748. The van der Waals surface area contributed by atoms with Crippen molar-refractivity contribution in [3.63, 3.8) is 0 Å². The molecule has 2 atom stereocenters. The molecular formula is C11H19BrN2O2.